The van der Waals surface area contributed by atoms with Crippen LogP contribution in [0, 0.1) is 10.6 Å². The average molecular weight is 375 g/mol. The number of esters is 1. The lowest BCUT2D eigenvalue weighted by atomic mass is 10.1. The molecular weight excluding hydrogens is 366 g/mol. The van der Waals surface area contributed by atoms with Gasteiger partial charge in [-0.25, -0.2) is 9.78 Å². The van der Waals surface area contributed by atoms with E-state index in [1.54, 1.807) is 29.5 Å². The molecule has 0 unspecified atom stereocenters. The minimum absolute atomic E-state index is 0.0146. The molecule has 0 spiro atoms. The van der Waals surface area contributed by atoms with Gasteiger partial charge in [0.25, 0.3) is 0 Å². The van der Waals surface area contributed by atoms with Gasteiger partial charge in [-0.3, -0.25) is 0 Å². The van der Waals surface area contributed by atoms with E-state index in [0.29, 0.717) is 0 Å². The maximum absolute atomic E-state index is 12.1. The number of rotatable bonds is 3. The second-order valence-corrected chi connectivity index (χ2v) is 4.20. The highest BCUT2D eigenvalue weighted by atomic mass is 127. The predicted molar refractivity (Wildman–Crippen MR) is 64.3 cm³/mol. The van der Waals surface area contributed by atoms with Crippen molar-refractivity contribution in [2.24, 2.45) is 0 Å². The lowest BCUT2D eigenvalue weighted by Gasteiger charge is -2.14. The molecule has 0 bridgehead atoms. The molecule has 0 amide bonds. The summed E-state index contributed by atoms with van der Waals surface area (Å²) in [5.74, 6) is -1.23. The molecule has 0 saturated heterocycles. The molecule has 1 rings (SSSR count). The molecular formula is C10H9F3INO3. The fourth-order valence-corrected chi connectivity index (χ4v) is 1.99. The number of halogens is 4. The van der Waals surface area contributed by atoms with Gasteiger partial charge < -0.3 is 9.47 Å². The Balaban J connectivity index is 3.18. The van der Waals surface area contributed by atoms with Gasteiger partial charge in [-0.15, -0.1) is 13.2 Å². The molecule has 100 valence electrons. The van der Waals surface area contributed by atoms with E-state index in [2.05, 4.69) is 9.72 Å². The Kier molecular flexibility index (Phi) is 4.77. The quantitative estimate of drug-likeness (QED) is 0.463. The number of aromatic nitrogens is 1. The van der Waals surface area contributed by atoms with Crippen molar-refractivity contribution in [2.45, 2.75) is 20.2 Å². The van der Waals surface area contributed by atoms with Crippen molar-refractivity contribution in [3.8, 4) is 5.75 Å². The van der Waals surface area contributed by atoms with E-state index in [4.69, 9.17) is 4.74 Å². The van der Waals surface area contributed by atoms with E-state index < -0.39 is 18.1 Å². The van der Waals surface area contributed by atoms with Gasteiger partial charge in [0, 0.05) is 5.56 Å². The first kappa shape index (κ1) is 15.0. The Morgan fingerprint density at radius 2 is 2.11 bits per heavy atom. The fourth-order valence-electron chi connectivity index (χ4n) is 1.22. The summed E-state index contributed by atoms with van der Waals surface area (Å²) in [6, 6.07) is 0. The topological polar surface area (TPSA) is 48.4 Å². The van der Waals surface area contributed by atoms with Crippen LogP contribution in [0.3, 0.4) is 0 Å². The van der Waals surface area contributed by atoms with E-state index >= 15 is 0 Å². The Hall–Kier alpha value is -1.06. The van der Waals surface area contributed by atoms with E-state index in [9.17, 15) is 18.0 Å². The summed E-state index contributed by atoms with van der Waals surface area (Å²) in [5.41, 5.74) is 0.0318. The maximum Gasteiger partial charge on any atom is 0.573 e. The zero-order chi connectivity index (χ0) is 13.9. The van der Waals surface area contributed by atoms with Gasteiger partial charge in [0.15, 0.2) is 5.75 Å². The highest BCUT2D eigenvalue weighted by Crippen LogP contribution is 2.29. The summed E-state index contributed by atoms with van der Waals surface area (Å²) >= 11 is 1.75. The molecule has 8 heteroatoms. The van der Waals surface area contributed by atoms with Gasteiger partial charge in [0.1, 0.15) is 3.70 Å². The summed E-state index contributed by atoms with van der Waals surface area (Å²) in [4.78, 5) is 15.3. The van der Waals surface area contributed by atoms with Gasteiger partial charge in [0.05, 0.1) is 18.4 Å². The zero-order valence-electron chi connectivity index (χ0n) is 9.47. The van der Waals surface area contributed by atoms with Crippen LogP contribution in [0.4, 0.5) is 13.2 Å². The summed E-state index contributed by atoms with van der Waals surface area (Å²) in [6.45, 7) is 3.07. The predicted octanol–water partition coefficient (Wildman–Crippen LogP) is 3.07. The fraction of sp³-hybridized carbons (Fsp3) is 0.400. The van der Waals surface area contributed by atoms with Crippen molar-refractivity contribution >= 4 is 28.6 Å². The molecule has 4 nitrogen and oxygen atoms in total. The van der Waals surface area contributed by atoms with Crippen LogP contribution >= 0.6 is 22.6 Å². The summed E-state index contributed by atoms with van der Waals surface area (Å²) in [6.07, 6.45) is -3.90. The van der Waals surface area contributed by atoms with Crippen molar-refractivity contribution < 1.29 is 27.4 Å². The molecule has 1 aromatic heterocycles. The Bertz CT molecular complexity index is 462. The number of hydrogen-bond donors (Lipinski definition) is 0. The van der Waals surface area contributed by atoms with Crippen LogP contribution in [0.5, 0.6) is 5.75 Å². The Morgan fingerprint density at radius 1 is 1.50 bits per heavy atom. The summed E-state index contributed by atoms with van der Waals surface area (Å²) in [7, 11) is 0. The third-order valence-corrected chi connectivity index (χ3v) is 2.77. The second kappa shape index (κ2) is 5.72. The monoisotopic (exact) mass is 375 g/mol. The van der Waals surface area contributed by atoms with Crippen LogP contribution in [0.2, 0.25) is 0 Å². The zero-order valence-corrected chi connectivity index (χ0v) is 11.6. The highest BCUT2D eigenvalue weighted by molar-refractivity contribution is 14.1. The van der Waals surface area contributed by atoms with Crippen molar-refractivity contribution in [1.82, 2.24) is 4.98 Å². The third-order valence-electron chi connectivity index (χ3n) is 1.95. The van der Waals surface area contributed by atoms with E-state index in [1.165, 1.54) is 6.92 Å². The van der Waals surface area contributed by atoms with E-state index in [0.717, 1.165) is 6.20 Å². The molecule has 1 aromatic rings. The first-order valence-corrected chi connectivity index (χ1v) is 5.92. The number of nitrogens with zero attached hydrogens (tertiary/aromatic N) is 1. The third kappa shape index (κ3) is 3.72. The highest BCUT2D eigenvalue weighted by Gasteiger charge is 2.33. The van der Waals surface area contributed by atoms with Crippen LogP contribution in [0.25, 0.3) is 0 Å². The number of alkyl halides is 3. The average Bonchev–Trinajstić information content (AvgIpc) is 2.21. The maximum atomic E-state index is 12.1. The van der Waals surface area contributed by atoms with Crippen molar-refractivity contribution in [3.05, 3.63) is 21.0 Å². The van der Waals surface area contributed by atoms with Gasteiger partial charge >= 0.3 is 12.3 Å². The van der Waals surface area contributed by atoms with E-state index in [-0.39, 0.29) is 21.4 Å². The molecule has 0 aliphatic carbocycles. The minimum atomic E-state index is -4.83. The van der Waals surface area contributed by atoms with Crippen molar-refractivity contribution in [2.75, 3.05) is 6.61 Å². The lowest BCUT2D eigenvalue weighted by Crippen LogP contribution is -2.19. The first-order chi connectivity index (χ1) is 8.26. The van der Waals surface area contributed by atoms with Crippen molar-refractivity contribution in [3.63, 3.8) is 0 Å². The molecule has 1 heterocycles. The van der Waals surface area contributed by atoms with Crippen LogP contribution in [0.1, 0.15) is 22.8 Å². The molecule has 0 N–H and O–H groups in total. The van der Waals surface area contributed by atoms with Crippen molar-refractivity contribution in [1.29, 1.82) is 0 Å². The van der Waals surface area contributed by atoms with Gasteiger partial charge in [-0.05, 0) is 36.4 Å². The molecule has 0 aliphatic rings. The largest absolute Gasteiger partial charge is 0.573 e. The van der Waals surface area contributed by atoms with Gasteiger partial charge in [-0.2, -0.15) is 0 Å². The Labute approximate surface area is 115 Å². The number of carbonyl (C=O) groups is 1. The van der Waals surface area contributed by atoms with Crippen LogP contribution in [-0.2, 0) is 4.74 Å². The molecule has 0 radical (unpaired) electrons. The SMILES string of the molecule is CCOC(=O)c1c(I)ncc(OC(F)(F)F)c1C. The van der Waals surface area contributed by atoms with Gasteiger partial charge in [-0.1, -0.05) is 0 Å². The van der Waals surface area contributed by atoms with E-state index in [1.807, 2.05) is 0 Å². The minimum Gasteiger partial charge on any atom is -0.462 e. The first-order valence-electron chi connectivity index (χ1n) is 4.84. The molecule has 0 saturated carbocycles. The standard InChI is InChI=1S/C10H9F3INO3/c1-3-17-9(16)7-5(2)6(4-15-8(7)14)18-10(11,12)13/h4H,3H2,1-2H3. The second-order valence-electron chi connectivity index (χ2n) is 3.18. The number of pyridine rings is 1. The molecule has 0 fully saturated rings. The lowest BCUT2D eigenvalue weighted by molar-refractivity contribution is -0.275. The van der Waals surface area contributed by atoms with Crippen LogP contribution < -0.4 is 4.74 Å². The molecule has 0 aliphatic heterocycles. The van der Waals surface area contributed by atoms with Crippen LogP contribution in [-0.4, -0.2) is 23.9 Å². The van der Waals surface area contributed by atoms with Gasteiger partial charge in [0.2, 0.25) is 0 Å². The smallest absolute Gasteiger partial charge is 0.462 e. The number of ether oxygens (including phenoxy) is 2. The summed E-state index contributed by atoms with van der Waals surface area (Å²) < 4.78 is 45.2. The van der Waals surface area contributed by atoms with Crippen LogP contribution in [0.15, 0.2) is 6.20 Å². The number of carbonyl (C=O) groups excluding carboxylic acids is 1. The normalized spacial score (nSPS) is 11.2. The molecule has 0 atom stereocenters. The summed E-state index contributed by atoms with van der Waals surface area (Å²) in [5, 5.41) is 0. The molecule has 0 aromatic carbocycles. The Morgan fingerprint density at radius 3 is 2.61 bits per heavy atom. The number of hydrogen-bond acceptors (Lipinski definition) is 4. The molecule has 18 heavy (non-hydrogen) atoms.